The molecule has 18 heavy (non-hydrogen) atoms. The van der Waals surface area contributed by atoms with E-state index in [1.54, 1.807) is 0 Å². The molecule has 0 aliphatic heterocycles. The van der Waals surface area contributed by atoms with Crippen molar-refractivity contribution in [1.29, 1.82) is 0 Å². The van der Waals surface area contributed by atoms with Gasteiger partial charge in [0.25, 0.3) is 0 Å². The summed E-state index contributed by atoms with van der Waals surface area (Å²) in [6.07, 6.45) is 2.92. The summed E-state index contributed by atoms with van der Waals surface area (Å²) in [6.45, 7) is -0.0207. The third-order valence-corrected chi connectivity index (χ3v) is 2.31. The maximum Gasteiger partial charge on any atom is 0.0771 e. The molecule has 0 saturated carbocycles. The predicted octanol–water partition coefficient (Wildman–Crippen LogP) is -0.996. The van der Waals surface area contributed by atoms with Crippen LogP contribution in [0.5, 0.6) is 0 Å². The SMILES string of the molecule is OCCCCC(O)CO.OCCCCC(O)CO. The Hall–Kier alpha value is -0.240. The number of aliphatic hydroxyl groups excluding tert-OH is 6. The fourth-order valence-electron chi connectivity index (χ4n) is 1.17. The number of hydrogen-bond donors (Lipinski definition) is 6. The van der Waals surface area contributed by atoms with Gasteiger partial charge in [0.2, 0.25) is 0 Å². The van der Waals surface area contributed by atoms with Crippen LogP contribution in [0.15, 0.2) is 0 Å². The van der Waals surface area contributed by atoms with E-state index >= 15 is 0 Å². The predicted molar refractivity (Wildman–Crippen MR) is 68.1 cm³/mol. The quantitative estimate of drug-likeness (QED) is 0.283. The summed E-state index contributed by atoms with van der Waals surface area (Å²) in [7, 11) is 0. The van der Waals surface area contributed by atoms with Gasteiger partial charge in [0.15, 0.2) is 0 Å². The van der Waals surface area contributed by atoms with Crippen LogP contribution in [0.25, 0.3) is 0 Å². The molecule has 0 aromatic carbocycles. The zero-order valence-corrected chi connectivity index (χ0v) is 10.9. The van der Waals surface area contributed by atoms with Gasteiger partial charge in [-0.15, -0.1) is 0 Å². The number of rotatable bonds is 10. The maximum atomic E-state index is 8.75. The van der Waals surface area contributed by atoms with E-state index in [0.29, 0.717) is 25.7 Å². The highest BCUT2D eigenvalue weighted by atomic mass is 16.3. The lowest BCUT2D eigenvalue weighted by molar-refractivity contribution is 0.0847. The molecule has 6 heteroatoms. The maximum absolute atomic E-state index is 8.75. The van der Waals surface area contributed by atoms with E-state index < -0.39 is 12.2 Å². The van der Waals surface area contributed by atoms with Crippen LogP contribution >= 0.6 is 0 Å². The van der Waals surface area contributed by atoms with E-state index in [9.17, 15) is 0 Å². The van der Waals surface area contributed by atoms with Gasteiger partial charge >= 0.3 is 0 Å². The smallest absolute Gasteiger partial charge is 0.0771 e. The van der Waals surface area contributed by atoms with Gasteiger partial charge < -0.3 is 30.6 Å². The number of aliphatic hydroxyl groups is 6. The second-order valence-corrected chi connectivity index (χ2v) is 4.11. The van der Waals surface area contributed by atoms with Crippen molar-refractivity contribution in [1.82, 2.24) is 0 Å². The molecular weight excluding hydrogens is 240 g/mol. The van der Waals surface area contributed by atoms with Gasteiger partial charge in [-0.3, -0.25) is 0 Å². The minimum Gasteiger partial charge on any atom is -0.396 e. The topological polar surface area (TPSA) is 121 Å². The molecule has 0 aromatic heterocycles. The third-order valence-electron chi connectivity index (χ3n) is 2.31. The zero-order chi connectivity index (χ0) is 14.2. The minimum atomic E-state index is -0.600. The first-order valence-corrected chi connectivity index (χ1v) is 6.41. The second-order valence-electron chi connectivity index (χ2n) is 4.11. The Kier molecular flexibility index (Phi) is 18.7. The lowest BCUT2D eigenvalue weighted by Gasteiger charge is -2.03. The van der Waals surface area contributed by atoms with Gasteiger partial charge in [-0.05, 0) is 38.5 Å². The Bertz CT molecular complexity index is 129. The summed E-state index contributed by atoms with van der Waals surface area (Å²) >= 11 is 0. The Labute approximate surface area is 109 Å². The molecule has 2 unspecified atom stereocenters. The normalized spacial score (nSPS) is 13.7. The molecule has 0 amide bonds. The molecule has 112 valence electrons. The summed E-state index contributed by atoms with van der Waals surface area (Å²) in [5, 5.41) is 50.8. The first-order valence-electron chi connectivity index (χ1n) is 6.41. The van der Waals surface area contributed by atoms with Crippen LogP contribution in [0.3, 0.4) is 0 Å². The fourth-order valence-corrected chi connectivity index (χ4v) is 1.17. The molecule has 0 aliphatic rings. The Morgan fingerprint density at radius 1 is 0.556 bits per heavy atom. The molecule has 0 heterocycles. The molecule has 0 aliphatic carbocycles. The van der Waals surface area contributed by atoms with E-state index in [1.807, 2.05) is 0 Å². The molecule has 0 saturated heterocycles. The van der Waals surface area contributed by atoms with Crippen molar-refractivity contribution >= 4 is 0 Å². The summed E-state index contributed by atoms with van der Waals surface area (Å²) in [5.41, 5.74) is 0. The van der Waals surface area contributed by atoms with Crippen molar-refractivity contribution in [3.05, 3.63) is 0 Å². The molecular formula is C12H28O6. The molecule has 6 nitrogen and oxygen atoms in total. The molecule has 6 N–H and O–H groups in total. The van der Waals surface area contributed by atoms with Crippen molar-refractivity contribution in [2.75, 3.05) is 26.4 Å². The third kappa shape index (κ3) is 18.1. The van der Waals surface area contributed by atoms with E-state index in [0.717, 1.165) is 12.8 Å². The second kappa shape index (κ2) is 16.8. The van der Waals surface area contributed by atoms with E-state index in [1.165, 1.54) is 0 Å². The van der Waals surface area contributed by atoms with E-state index in [2.05, 4.69) is 0 Å². The Balaban J connectivity index is 0. The Morgan fingerprint density at radius 3 is 1.11 bits per heavy atom. The van der Waals surface area contributed by atoms with Crippen LogP contribution in [-0.2, 0) is 0 Å². The lowest BCUT2D eigenvalue weighted by Crippen LogP contribution is -2.11. The van der Waals surface area contributed by atoms with Crippen molar-refractivity contribution < 1.29 is 30.6 Å². The molecule has 0 aromatic rings. The monoisotopic (exact) mass is 268 g/mol. The van der Waals surface area contributed by atoms with Crippen LogP contribution in [-0.4, -0.2) is 69.3 Å². The van der Waals surface area contributed by atoms with Gasteiger partial charge in [0, 0.05) is 13.2 Å². The zero-order valence-electron chi connectivity index (χ0n) is 10.9. The minimum absolute atomic E-state index is 0.165. The standard InChI is InChI=1S/2C6H14O3/c2*7-4-2-1-3-6(9)5-8/h2*6-9H,1-5H2. The Morgan fingerprint density at radius 2 is 0.889 bits per heavy atom. The average molecular weight is 268 g/mol. The van der Waals surface area contributed by atoms with Crippen molar-refractivity contribution in [2.45, 2.75) is 50.7 Å². The molecule has 0 fully saturated rings. The van der Waals surface area contributed by atoms with Gasteiger partial charge in [0.1, 0.15) is 0 Å². The lowest BCUT2D eigenvalue weighted by atomic mass is 10.2. The van der Waals surface area contributed by atoms with Crippen molar-refractivity contribution in [3.8, 4) is 0 Å². The average Bonchev–Trinajstić information content (AvgIpc) is 2.39. The molecule has 0 rings (SSSR count). The van der Waals surface area contributed by atoms with Crippen LogP contribution in [0.2, 0.25) is 0 Å². The first kappa shape index (κ1) is 20.1. The van der Waals surface area contributed by atoms with Gasteiger partial charge in [0.05, 0.1) is 25.4 Å². The highest BCUT2D eigenvalue weighted by Crippen LogP contribution is 1.99. The van der Waals surface area contributed by atoms with Gasteiger partial charge in [-0.25, -0.2) is 0 Å². The summed E-state index contributed by atoms with van der Waals surface area (Å²) in [4.78, 5) is 0. The summed E-state index contributed by atoms with van der Waals surface area (Å²) in [5.74, 6) is 0. The molecule has 0 bridgehead atoms. The van der Waals surface area contributed by atoms with Crippen molar-refractivity contribution in [2.24, 2.45) is 0 Å². The van der Waals surface area contributed by atoms with Crippen LogP contribution in [0.4, 0.5) is 0 Å². The summed E-state index contributed by atoms with van der Waals surface area (Å²) in [6, 6.07) is 0. The number of unbranched alkanes of at least 4 members (excludes halogenated alkanes) is 2. The molecule has 0 radical (unpaired) electrons. The van der Waals surface area contributed by atoms with E-state index in [4.69, 9.17) is 30.6 Å². The number of hydrogen-bond acceptors (Lipinski definition) is 6. The van der Waals surface area contributed by atoms with Gasteiger partial charge in [-0.2, -0.15) is 0 Å². The summed E-state index contributed by atoms with van der Waals surface area (Å²) < 4.78 is 0. The van der Waals surface area contributed by atoms with Gasteiger partial charge in [-0.1, -0.05) is 0 Å². The first-order chi connectivity index (χ1) is 8.62. The highest BCUT2D eigenvalue weighted by Gasteiger charge is 1.99. The molecule has 0 spiro atoms. The van der Waals surface area contributed by atoms with E-state index in [-0.39, 0.29) is 26.4 Å². The highest BCUT2D eigenvalue weighted by molar-refractivity contribution is 4.52. The van der Waals surface area contributed by atoms with Crippen LogP contribution < -0.4 is 0 Å². The fraction of sp³-hybridized carbons (Fsp3) is 1.00. The van der Waals surface area contributed by atoms with Crippen LogP contribution in [0, 0.1) is 0 Å². The van der Waals surface area contributed by atoms with Crippen LogP contribution in [0.1, 0.15) is 38.5 Å². The molecule has 2 atom stereocenters. The largest absolute Gasteiger partial charge is 0.396 e. The van der Waals surface area contributed by atoms with Crippen molar-refractivity contribution in [3.63, 3.8) is 0 Å².